The molecule has 0 spiro atoms. The Bertz CT molecular complexity index is 477. The van der Waals surface area contributed by atoms with Crippen molar-refractivity contribution in [2.24, 2.45) is 0 Å². The number of nitriles is 1. The Morgan fingerprint density at radius 1 is 1.06 bits per heavy atom. The highest BCUT2D eigenvalue weighted by molar-refractivity contribution is 5.88. The van der Waals surface area contributed by atoms with Crippen molar-refractivity contribution in [2.75, 3.05) is 0 Å². The molecule has 0 heterocycles. The molecule has 0 unspecified atom stereocenters. The first-order chi connectivity index (χ1) is 8.35. The summed E-state index contributed by atoms with van der Waals surface area (Å²) in [6, 6.07) is 9.63. The minimum absolute atomic E-state index is 0.663. The predicted octanol–water partition coefficient (Wildman–Crippen LogP) is 3.47. The third-order valence-corrected chi connectivity index (χ3v) is 3.27. The van der Waals surface area contributed by atoms with Crippen molar-refractivity contribution < 1.29 is 4.79 Å². The third kappa shape index (κ3) is 2.62. The fourth-order valence-electron chi connectivity index (χ4n) is 2.31. The molecule has 0 radical (unpaired) electrons. The Labute approximate surface area is 102 Å². The quantitative estimate of drug-likeness (QED) is 0.723. The maximum atomic E-state index is 11.1. The predicted molar refractivity (Wildman–Crippen MR) is 67.2 cm³/mol. The van der Waals surface area contributed by atoms with Crippen molar-refractivity contribution in [1.29, 1.82) is 5.26 Å². The average Bonchev–Trinajstić information content (AvgIpc) is 2.64. The van der Waals surface area contributed by atoms with Crippen LogP contribution in [0.5, 0.6) is 0 Å². The molecule has 0 saturated carbocycles. The van der Waals surface area contributed by atoms with Gasteiger partial charge in [0.05, 0.1) is 11.6 Å². The smallest absolute Gasteiger partial charge is 0.146 e. The van der Waals surface area contributed by atoms with Gasteiger partial charge in [0.1, 0.15) is 6.29 Å². The normalized spacial score (nSPS) is 16.2. The standard InChI is InChI=1S/C15H15NO/c16-10-12-6-8-13(9-7-12)15-5-3-1-2-4-14(15)11-17/h6-9,11H,1-5H2. The van der Waals surface area contributed by atoms with Gasteiger partial charge in [0.25, 0.3) is 0 Å². The molecule has 1 aliphatic carbocycles. The molecule has 2 rings (SSSR count). The topological polar surface area (TPSA) is 40.9 Å². The lowest BCUT2D eigenvalue weighted by Gasteiger charge is -2.08. The van der Waals surface area contributed by atoms with Crippen molar-refractivity contribution in [2.45, 2.75) is 32.1 Å². The Kier molecular flexibility index (Phi) is 3.72. The van der Waals surface area contributed by atoms with Crippen molar-refractivity contribution in [3.05, 3.63) is 41.0 Å². The summed E-state index contributed by atoms with van der Waals surface area (Å²) < 4.78 is 0. The molecule has 0 fully saturated rings. The molecule has 0 N–H and O–H groups in total. The van der Waals surface area contributed by atoms with Gasteiger partial charge in [-0.2, -0.15) is 5.26 Å². The van der Waals surface area contributed by atoms with Crippen LogP contribution in [-0.4, -0.2) is 6.29 Å². The van der Waals surface area contributed by atoms with Gasteiger partial charge in [0, 0.05) is 0 Å². The number of rotatable bonds is 2. The lowest BCUT2D eigenvalue weighted by molar-refractivity contribution is -0.105. The Morgan fingerprint density at radius 3 is 2.41 bits per heavy atom. The number of allylic oxidation sites excluding steroid dienone is 2. The van der Waals surface area contributed by atoms with E-state index in [1.54, 1.807) is 0 Å². The van der Waals surface area contributed by atoms with Crippen LogP contribution in [-0.2, 0) is 4.79 Å². The highest BCUT2D eigenvalue weighted by Crippen LogP contribution is 2.30. The van der Waals surface area contributed by atoms with Crippen LogP contribution in [0.4, 0.5) is 0 Å². The lowest BCUT2D eigenvalue weighted by Crippen LogP contribution is -1.92. The first kappa shape index (κ1) is 11.6. The van der Waals surface area contributed by atoms with E-state index in [-0.39, 0.29) is 0 Å². The van der Waals surface area contributed by atoms with E-state index in [1.165, 1.54) is 12.0 Å². The molecule has 2 heteroatoms. The largest absolute Gasteiger partial charge is 0.298 e. The number of benzene rings is 1. The van der Waals surface area contributed by atoms with Gasteiger partial charge in [0.15, 0.2) is 0 Å². The molecule has 1 aliphatic rings. The highest BCUT2D eigenvalue weighted by atomic mass is 16.1. The maximum Gasteiger partial charge on any atom is 0.146 e. The fourth-order valence-corrected chi connectivity index (χ4v) is 2.31. The second-order valence-electron chi connectivity index (χ2n) is 4.37. The monoisotopic (exact) mass is 225 g/mol. The van der Waals surface area contributed by atoms with Gasteiger partial charge < -0.3 is 0 Å². The van der Waals surface area contributed by atoms with Gasteiger partial charge in [-0.3, -0.25) is 4.79 Å². The van der Waals surface area contributed by atoms with Gasteiger partial charge in [0.2, 0.25) is 0 Å². The first-order valence-electron chi connectivity index (χ1n) is 6.03. The van der Waals surface area contributed by atoms with Crippen LogP contribution >= 0.6 is 0 Å². The molecule has 2 nitrogen and oxygen atoms in total. The van der Waals surface area contributed by atoms with E-state index >= 15 is 0 Å². The fraction of sp³-hybridized carbons (Fsp3) is 0.333. The molecular formula is C15H15NO. The first-order valence-corrected chi connectivity index (χ1v) is 6.03. The van der Waals surface area contributed by atoms with Gasteiger partial charge >= 0.3 is 0 Å². The van der Waals surface area contributed by atoms with Gasteiger partial charge in [-0.15, -0.1) is 0 Å². The molecular weight excluding hydrogens is 210 g/mol. The molecule has 0 bridgehead atoms. The van der Waals surface area contributed by atoms with Crippen LogP contribution in [0.15, 0.2) is 29.8 Å². The van der Waals surface area contributed by atoms with Crippen LogP contribution in [0.25, 0.3) is 5.57 Å². The summed E-state index contributed by atoms with van der Waals surface area (Å²) in [5.74, 6) is 0. The van der Waals surface area contributed by atoms with E-state index in [9.17, 15) is 4.79 Å². The summed E-state index contributed by atoms with van der Waals surface area (Å²) in [5.41, 5.74) is 3.86. The zero-order chi connectivity index (χ0) is 12.1. The third-order valence-electron chi connectivity index (χ3n) is 3.27. The highest BCUT2D eigenvalue weighted by Gasteiger charge is 2.12. The van der Waals surface area contributed by atoms with E-state index in [1.807, 2.05) is 24.3 Å². The minimum Gasteiger partial charge on any atom is -0.298 e. The number of nitrogens with zero attached hydrogens (tertiary/aromatic N) is 1. The van der Waals surface area contributed by atoms with Crippen molar-refractivity contribution in [1.82, 2.24) is 0 Å². The molecule has 0 aliphatic heterocycles. The van der Waals surface area contributed by atoms with E-state index in [0.717, 1.165) is 43.1 Å². The van der Waals surface area contributed by atoms with Crippen molar-refractivity contribution >= 4 is 11.9 Å². The number of carbonyl (C=O) groups excluding carboxylic acids is 1. The van der Waals surface area contributed by atoms with Crippen LogP contribution in [0.2, 0.25) is 0 Å². The molecule has 1 aromatic carbocycles. The van der Waals surface area contributed by atoms with Gasteiger partial charge in [-0.05, 0) is 54.5 Å². The molecule has 0 atom stereocenters. The Morgan fingerprint density at radius 2 is 1.76 bits per heavy atom. The average molecular weight is 225 g/mol. The number of aldehydes is 1. The maximum absolute atomic E-state index is 11.1. The van der Waals surface area contributed by atoms with E-state index in [2.05, 4.69) is 6.07 Å². The van der Waals surface area contributed by atoms with E-state index < -0.39 is 0 Å². The van der Waals surface area contributed by atoms with Crippen molar-refractivity contribution in [3.63, 3.8) is 0 Å². The molecule has 0 saturated heterocycles. The van der Waals surface area contributed by atoms with Crippen LogP contribution in [0.1, 0.15) is 43.2 Å². The molecule has 0 amide bonds. The number of hydrogen-bond donors (Lipinski definition) is 0. The number of carbonyl (C=O) groups is 1. The summed E-state index contributed by atoms with van der Waals surface area (Å²) >= 11 is 0. The second-order valence-corrected chi connectivity index (χ2v) is 4.37. The second kappa shape index (κ2) is 5.45. The Balaban J connectivity index is 2.38. The number of hydrogen-bond acceptors (Lipinski definition) is 2. The van der Waals surface area contributed by atoms with Crippen molar-refractivity contribution in [3.8, 4) is 6.07 Å². The summed E-state index contributed by atoms with van der Waals surface area (Å²) in [6.07, 6.45) is 6.30. The van der Waals surface area contributed by atoms with Crippen LogP contribution in [0.3, 0.4) is 0 Å². The van der Waals surface area contributed by atoms with Gasteiger partial charge in [-0.25, -0.2) is 0 Å². The molecule has 0 aromatic heterocycles. The minimum atomic E-state index is 0.663. The Hall–Kier alpha value is -1.88. The van der Waals surface area contributed by atoms with Gasteiger partial charge in [-0.1, -0.05) is 18.6 Å². The molecule has 17 heavy (non-hydrogen) atoms. The van der Waals surface area contributed by atoms with E-state index in [4.69, 9.17) is 5.26 Å². The lowest BCUT2D eigenvalue weighted by atomic mass is 9.96. The zero-order valence-electron chi connectivity index (χ0n) is 9.78. The van der Waals surface area contributed by atoms with Crippen LogP contribution in [0, 0.1) is 11.3 Å². The van der Waals surface area contributed by atoms with Crippen LogP contribution < -0.4 is 0 Å². The SMILES string of the molecule is N#Cc1ccc(C2=C(C=O)CCCCC2)cc1. The molecule has 1 aromatic rings. The summed E-state index contributed by atoms with van der Waals surface area (Å²) in [7, 11) is 0. The molecule has 86 valence electrons. The zero-order valence-corrected chi connectivity index (χ0v) is 9.78. The summed E-state index contributed by atoms with van der Waals surface area (Å²) in [5, 5.41) is 8.76. The van der Waals surface area contributed by atoms with E-state index in [0.29, 0.717) is 5.56 Å². The summed E-state index contributed by atoms with van der Waals surface area (Å²) in [4.78, 5) is 11.1. The summed E-state index contributed by atoms with van der Waals surface area (Å²) in [6.45, 7) is 0.